The summed E-state index contributed by atoms with van der Waals surface area (Å²) in [5.74, 6) is -0.569. The van der Waals surface area contributed by atoms with Crippen molar-refractivity contribution in [3.63, 3.8) is 0 Å². The summed E-state index contributed by atoms with van der Waals surface area (Å²) in [6.45, 7) is 6.39. The zero-order valence-electron chi connectivity index (χ0n) is 11.2. The molecule has 1 unspecified atom stereocenters. The molecule has 0 aliphatic heterocycles. The normalized spacial score (nSPS) is 12.4. The van der Waals surface area contributed by atoms with Crippen LogP contribution in [0.1, 0.15) is 32.3 Å². The molecular weight excluding hydrogens is 230 g/mol. The zero-order valence-corrected chi connectivity index (χ0v) is 11.2. The SMILES string of the molecule is CC(C)OCCOC(=O)C(C)c1cccc(N)c1. The predicted molar refractivity (Wildman–Crippen MR) is 71.3 cm³/mol. The third kappa shape index (κ3) is 4.75. The Labute approximate surface area is 108 Å². The zero-order chi connectivity index (χ0) is 13.5. The molecule has 0 radical (unpaired) electrons. The third-order valence-electron chi connectivity index (χ3n) is 2.54. The van der Waals surface area contributed by atoms with E-state index in [2.05, 4.69) is 0 Å². The number of nitrogens with two attached hydrogens (primary N) is 1. The maximum Gasteiger partial charge on any atom is 0.313 e. The molecule has 18 heavy (non-hydrogen) atoms. The van der Waals surface area contributed by atoms with Crippen molar-refractivity contribution < 1.29 is 14.3 Å². The van der Waals surface area contributed by atoms with Gasteiger partial charge in [0.2, 0.25) is 0 Å². The van der Waals surface area contributed by atoms with Gasteiger partial charge in [-0.15, -0.1) is 0 Å². The van der Waals surface area contributed by atoms with E-state index >= 15 is 0 Å². The lowest BCUT2D eigenvalue weighted by atomic mass is 10.0. The van der Waals surface area contributed by atoms with Crippen molar-refractivity contribution in [3.05, 3.63) is 29.8 Å². The van der Waals surface area contributed by atoms with E-state index in [1.165, 1.54) is 0 Å². The highest BCUT2D eigenvalue weighted by Crippen LogP contribution is 2.18. The van der Waals surface area contributed by atoms with E-state index in [-0.39, 0.29) is 24.6 Å². The lowest BCUT2D eigenvalue weighted by molar-refractivity contribution is -0.147. The van der Waals surface area contributed by atoms with Gasteiger partial charge < -0.3 is 15.2 Å². The van der Waals surface area contributed by atoms with Gasteiger partial charge in [0.05, 0.1) is 18.6 Å². The average Bonchev–Trinajstić information content (AvgIpc) is 2.33. The molecule has 1 aromatic rings. The quantitative estimate of drug-likeness (QED) is 0.479. The van der Waals surface area contributed by atoms with Gasteiger partial charge in [-0.05, 0) is 38.5 Å². The first-order valence-corrected chi connectivity index (χ1v) is 6.14. The molecule has 0 saturated carbocycles. The summed E-state index contributed by atoms with van der Waals surface area (Å²) in [4.78, 5) is 11.8. The van der Waals surface area contributed by atoms with E-state index in [0.29, 0.717) is 12.3 Å². The van der Waals surface area contributed by atoms with Crippen molar-refractivity contribution in [2.45, 2.75) is 32.8 Å². The monoisotopic (exact) mass is 251 g/mol. The number of benzene rings is 1. The van der Waals surface area contributed by atoms with E-state index in [1.807, 2.05) is 26.0 Å². The van der Waals surface area contributed by atoms with Crippen LogP contribution in [0.3, 0.4) is 0 Å². The Morgan fingerprint density at radius 2 is 2.00 bits per heavy atom. The van der Waals surface area contributed by atoms with Crippen LogP contribution in [-0.2, 0) is 14.3 Å². The largest absolute Gasteiger partial charge is 0.463 e. The first-order chi connectivity index (χ1) is 8.50. The van der Waals surface area contributed by atoms with Crippen molar-refractivity contribution in [3.8, 4) is 0 Å². The number of hydrogen-bond acceptors (Lipinski definition) is 4. The highest BCUT2D eigenvalue weighted by molar-refractivity contribution is 5.78. The molecule has 1 rings (SSSR count). The summed E-state index contributed by atoms with van der Waals surface area (Å²) in [5, 5.41) is 0. The second-order valence-electron chi connectivity index (χ2n) is 4.48. The Hall–Kier alpha value is -1.55. The number of anilines is 1. The molecule has 0 aliphatic carbocycles. The van der Waals surface area contributed by atoms with E-state index in [1.54, 1.807) is 19.1 Å². The van der Waals surface area contributed by atoms with Crippen LogP contribution in [0.4, 0.5) is 5.69 Å². The number of nitrogen functional groups attached to an aromatic ring is 1. The molecule has 0 saturated heterocycles. The Kier molecular flexibility index (Phi) is 5.65. The molecular formula is C14H21NO3. The maximum atomic E-state index is 11.8. The van der Waals surface area contributed by atoms with Gasteiger partial charge in [0.15, 0.2) is 0 Å². The number of rotatable bonds is 6. The van der Waals surface area contributed by atoms with Gasteiger partial charge >= 0.3 is 5.97 Å². The van der Waals surface area contributed by atoms with Gasteiger partial charge in [0.1, 0.15) is 6.61 Å². The Bertz CT molecular complexity index is 390. The molecule has 1 atom stereocenters. The molecule has 0 aromatic heterocycles. The number of ether oxygens (including phenoxy) is 2. The molecule has 0 heterocycles. The standard InChI is InChI=1S/C14H21NO3/c1-10(2)17-7-8-18-14(16)11(3)12-5-4-6-13(15)9-12/h4-6,9-11H,7-8,15H2,1-3H3. The average molecular weight is 251 g/mol. The van der Waals surface area contributed by atoms with Crippen molar-refractivity contribution in [2.24, 2.45) is 0 Å². The van der Waals surface area contributed by atoms with Gasteiger partial charge in [-0.3, -0.25) is 4.79 Å². The predicted octanol–water partition coefficient (Wildman–Crippen LogP) is 2.34. The first-order valence-electron chi connectivity index (χ1n) is 6.14. The molecule has 100 valence electrons. The minimum Gasteiger partial charge on any atom is -0.463 e. The highest BCUT2D eigenvalue weighted by Gasteiger charge is 2.16. The number of carbonyl (C=O) groups is 1. The van der Waals surface area contributed by atoms with Crippen molar-refractivity contribution in [1.29, 1.82) is 0 Å². The van der Waals surface area contributed by atoms with E-state index in [4.69, 9.17) is 15.2 Å². The van der Waals surface area contributed by atoms with Crippen LogP contribution in [0.2, 0.25) is 0 Å². The summed E-state index contributed by atoms with van der Waals surface area (Å²) >= 11 is 0. The summed E-state index contributed by atoms with van der Waals surface area (Å²) < 4.78 is 10.4. The van der Waals surface area contributed by atoms with Gasteiger partial charge in [-0.25, -0.2) is 0 Å². The van der Waals surface area contributed by atoms with E-state index in [9.17, 15) is 4.79 Å². The second kappa shape index (κ2) is 7.01. The number of carbonyl (C=O) groups excluding carboxylic acids is 1. The minimum absolute atomic E-state index is 0.148. The molecule has 0 fully saturated rings. The summed E-state index contributed by atoms with van der Waals surface area (Å²) in [7, 11) is 0. The number of esters is 1. The van der Waals surface area contributed by atoms with Gasteiger partial charge in [0.25, 0.3) is 0 Å². The fraction of sp³-hybridized carbons (Fsp3) is 0.500. The molecule has 0 amide bonds. The third-order valence-corrected chi connectivity index (χ3v) is 2.54. The number of hydrogen-bond donors (Lipinski definition) is 1. The molecule has 0 bridgehead atoms. The molecule has 4 nitrogen and oxygen atoms in total. The molecule has 4 heteroatoms. The molecule has 0 spiro atoms. The smallest absolute Gasteiger partial charge is 0.313 e. The Balaban J connectivity index is 2.42. The lowest BCUT2D eigenvalue weighted by Crippen LogP contribution is -2.17. The van der Waals surface area contributed by atoms with Crippen LogP contribution in [-0.4, -0.2) is 25.3 Å². The van der Waals surface area contributed by atoms with E-state index < -0.39 is 0 Å². The Morgan fingerprint density at radius 3 is 2.61 bits per heavy atom. The van der Waals surface area contributed by atoms with Crippen LogP contribution in [0.15, 0.2) is 24.3 Å². The Morgan fingerprint density at radius 1 is 1.28 bits per heavy atom. The van der Waals surface area contributed by atoms with Gasteiger partial charge in [0, 0.05) is 5.69 Å². The molecule has 1 aromatic carbocycles. The molecule has 0 aliphatic rings. The first kappa shape index (κ1) is 14.5. The lowest BCUT2D eigenvalue weighted by Gasteiger charge is -2.13. The van der Waals surface area contributed by atoms with Gasteiger partial charge in [-0.2, -0.15) is 0 Å². The van der Waals surface area contributed by atoms with Crippen LogP contribution >= 0.6 is 0 Å². The molecule has 2 N–H and O–H groups in total. The van der Waals surface area contributed by atoms with E-state index in [0.717, 1.165) is 5.56 Å². The fourth-order valence-electron chi connectivity index (χ4n) is 1.52. The maximum absolute atomic E-state index is 11.8. The van der Waals surface area contributed by atoms with Crippen molar-refractivity contribution in [2.75, 3.05) is 18.9 Å². The summed E-state index contributed by atoms with van der Waals surface area (Å²) in [5.41, 5.74) is 7.19. The minimum atomic E-state index is -0.312. The fourth-order valence-corrected chi connectivity index (χ4v) is 1.52. The van der Waals surface area contributed by atoms with Gasteiger partial charge in [-0.1, -0.05) is 12.1 Å². The topological polar surface area (TPSA) is 61.5 Å². The van der Waals surface area contributed by atoms with Crippen molar-refractivity contribution >= 4 is 11.7 Å². The van der Waals surface area contributed by atoms with Crippen molar-refractivity contribution in [1.82, 2.24) is 0 Å². The van der Waals surface area contributed by atoms with Crippen LogP contribution in [0.25, 0.3) is 0 Å². The summed E-state index contributed by atoms with van der Waals surface area (Å²) in [6, 6.07) is 7.28. The van der Waals surface area contributed by atoms with Crippen LogP contribution in [0, 0.1) is 0 Å². The van der Waals surface area contributed by atoms with Crippen LogP contribution < -0.4 is 5.73 Å². The summed E-state index contributed by atoms with van der Waals surface area (Å²) in [6.07, 6.45) is 0.148. The van der Waals surface area contributed by atoms with Crippen LogP contribution in [0.5, 0.6) is 0 Å². The highest BCUT2D eigenvalue weighted by atomic mass is 16.6. The second-order valence-corrected chi connectivity index (χ2v) is 4.48.